The summed E-state index contributed by atoms with van der Waals surface area (Å²) in [7, 11) is 0. The Hall–Kier alpha value is -3.44. The van der Waals surface area contributed by atoms with E-state index in [1.165, 1.54) is 16.9 Å². The maximum Gasteiger partial charge on any atom is 0.260 e. The van der Waals surface area contributed by atoms with Gasteiger partial charge in [0, 0.05) is 5.56 Å². The molecule has 0 saturated carbocycles. The highest BCUT2D eigenvalue weighted by molar-refractivity contribution is 7.22. The molecule has 0 aliphatic carbocycles. The zero-order valence-electron chi connectivity index (χ0n) is 15.8. The number of hydrogen-bond donors (Lipinski definition) is 0. The summed E-state index contributed by atoms with van der Waals surface area (Å²) >= 11 is 1.52. The van der Waals surface area contributed by atoms with Crippen LogP contribution in [0, 0.1) is 6.92 Å². The van der Waals surface area contributed by atoms with Gasteiger partial charge in [0.1, 0.15) is 5.76 Å². The van der Waals surface area contributed by atoms with Gasteiger partial charge in [-0.3, -0.25) is 9.69 Å². The first-order chi connectivity index (χ1) is 14.2. The zero-order valence-corrected chi connectivity index (χ0v) is 16.6. The lowest BCUT2D eigenvalue weighted by atomic mass is 10.1. The third-order valence-electron chi connectivity index (χ3n) is 4.90. The van der Waals surface area contributed by atoms with Gasteiger partial charge in [0.15, 0.2) is 5.13 Å². The molecule has 142 valence electrons. The molecule has 0 aliphatic rings. The molecule has 5 aromatic rings. The number of thiazole rings is 1. The number of nitrogens with zero attached hydrogens (tertiary/aromatic N) is 2. The van der Waals surface area contributed by atoms with E-state index >= 15 is 0 Å². The molecule has 3 aromatic carbocycles. The Kier molecular flexibility index (Phi) is 4.37. The molecule has 1 amide bonds. The smallest absolute Gasteiger partial charge is 0.260 e. The summed E-state index contributed by atoms with van der Waals surface area (Å²) in [5.74, 6) is 0.623. The van der Waals surface area contributed by atoms with Gasteiger partial charge in [0.2, 0.25) is 0 Å². The predicted molar refractivity (Wildman–Crippen MR) is 118 cm³/mol. The summed E-state index contributed by atoms with van der Waals surface area (Å²) in [6.07, 6.45) is 1.62. The van der Waals surface area contributed by atoms with Crippen LogP contribution in [0.4, 0.5) is 5.13 Å². The number of aryl methyl sites for hydroxylation is 1. The Labute approximate surface area is 172 Å². The Morgan fingerprint density at radius 3 is 2.69 bits per heavy atom. The van der Waals surface area contributed by atoms with Crippen LogP contribution in [0.1, 0.15) is 21.7 Å². The van der Waals surface area contributed by atoms with Gasteiger partial charge < -0.3 is 4.42 Å². The van der Waals surface area contributed by atoms with Crippen LogP contribution < -0.4 is 4.90 Å². The second-order valence-electron chi connectivity index (χ2n) is 7.00. The number of hydrogen-bond acceptors (Lipinski definition) is 4. The molecular weight excluding hydrogens is 380 g/mol. The predicted octanol–water partition coefficient (Wildman–Crippen LogP) is 6.20. The van der Waals surface area contributed by atoms with Crippen molar-refractivity contribution < 1.29 is 9.21 Å². The van der Waals surface area contributed by atoms with Gasteiger partial charge in [-0.05, 0) is 59.7 Å². The molecule has 0 bridgehead atoms. The van der Waals surface area contributed by atoms with Crippen LogP contribution in [0.15, 0.2) is 83.5 Å². The van der Waals surface area contributed by atoms with Crippen LogP contribution in [0.25, 0.3) is 21.0 Å². The fraction of sp³-hybridized carbons (Fsp3) is 0.0833. The third kappa shape index (κ3) is 3.41. The summed E-state index contributed by atoms with van der Waals surface area (Å²) in [5.41, 5.74) is 2.70. The first-order valence-corrected chi connectivity index (χ1v) is 10.2. The van der Waals surface area contributed by atoms with Gasteiger partial charge in [-0.1, -0.05) is 47.7 Å². The molecule has 2 aromatic heterocycles. The summed E-state index contributed by atoms with van der Waals surface area (Å²) < 4.78 is 6.58. The number of benzene rings is 3. The molecule has 5 heteroatoms. The highest BCUT2D eigenvalue weighted by Gasteiger charge is 2.23. The standard InChI is InChI=1S/C24H18N2O2S/c1-16-8-11-21-22(13-16)29-24(25-21)26(15-20-7-4-12-28-20)23(27)19-10-9-17-5-2-3-6-18(17)14-19/h2-14H,15H2,1H3. The molecule has 0 spiro atoms. The van der Waals surface area contributed by atoms with E-state index in [0.29, 0.717) is 17.2 Å². The fourth-order valence-electron chi connectivity index (χ4n) is 3.40. The molecule has 29 heavy (non-hydrogen) atoms. The van der Waals surface area contributed by atoms with Gasteiger partial charge in [-0.15, -0.1) is 0 Å². The minimum Gasteiger partial charge on any atom is -0.467 e. The van der Waals surface area contributed by atoms with Gasteiger partial charge in [-0.25, -0.2) is 4.98 Å². The number of carbonyl (C=O) groups excluding carboxylic acids is 1. The molecule has 0 saturated heterocycles. The van der Waals surface area contributed by atoms with E-state index < -0.39 is 0 Å². The lowest BCUT2D eigenvalue weighted by molar-refractivity contribution is 0.0983. The molecule has 0 fully saturated rings. The fourth-order valence-corrected chi connectivity index (χ4v) is 4.46. The normalized spacial score (nSPS) is 11.2. The van der Waals surface area contributed by atoms with Gasteiger partial charge in [-0.2, -0.15) is 0 Å². The summed E-state index contributed by atoms with van der Waals surface area (Å²) in [5, 5.41) is 2.81. The van der Waals surface area contributed by atoms with Crippen molar-refractivity contribution in [2.75, 3.05) is 4.90 Å². The molecule has 0 N–H and O–H groups in total. The molecule has 0 atom stereocenters. The van der Waals surface area contributed by atoms with Crippen molar-refractivity contribution in [3.63, 3.8) is 0 Å². The van der Waals surface area contributed by atoms with E-state index in [1.807, 2.05) is 66.7 Å². The highest BCUT2D eigenvalue weighted by atomic mass is 32.1. The Balaban J connectivity index is 1.58. The highest BCUT2D eigenvalue weighted by Crippen LogP contribution is 2.32. The van der Waals surface area contributed by atoms with Crippen LogP contribution in [0.5, 0.6) is 0 Å². The van der Waals surface area contributed by atoms with Gasteiger partial charge in [0.05, 0.1) is 23.0 Å². The minimum atomic E-state index is -0.0945. The summed E-state index contributed by atoms with van der Waals surface area (Å²) in [6.45, 7) is 2.39. The SMILES string of the molecule is Cc1ccc2nc(N(Cc3ccco3)C(=O)c3ccc4ccccc4c3)sc2c1. The minimum absolute atomic E-state index is 0.0945. The molecule has 0 aliphatic heterocycles. The van der Waals surface area contributed by atoms with Crippen LogP contribution in [0.3, 0.4) is 0 Å². The van der Waals surface area contributed by atoms with E-state index in [4.69, 9.17) is 9.40 Å². The van der Waals surface area contributed by atoms with Crippen molar-refractivity contribution >= 4 is 43.4 Å². The molecule has 4 nitrogen and oxygen atoms in total. The average molecular weight is 398 g/mol. The number of amides is 1. The van der Waals surface area contributed by atoms with Gasteiger partial charge in [0.25, 0.3) is 5.91 Å². The van der Waals surface area contributed by atoms with Crippen molar-refractivity contribution in [3.05, 3.63) is 95.9 Å². The van der Waals surface area contributed by atoms with Crippen molar-refractivity contribution in [3.8, 4) is 0 Å². The lowest BCUT2D eigenvalue weighted by Crippen LogP contribution is -2.30. The number of rotatable bonds is 4. The largest absolute Gasteiger partial charge is 0.467 e. The first-order valence-electron chi connectivity index (χ1n) is 9.38. The Morgan fingerprint density at radius 1 is 1.00 bits per heavy atom. The number of carbonyl (C=O) groups is 1. The van der Waals surface area contributed by atoms with Crippen LogP contribution in [-0.2, 0) is 6.54 Å². The molecule has 0 unspecified atom stereocenters. The number of fused-ring (bicyclic) bond motifs is 2. The lowest BCUT2D eigenvalue weighted by Gasteiger charge is -2.19. The van der Waals surface area contributed by atoms with Crippen LogP contribution in [0.2, 0.25) is 0 Å². The molecule has 5 rings (SSSR count). The van der Waals surface area contributed by atoms with E-state index in [0.717, 1.165) is 26.7 Å². The second kappa shape index (κ2) is 7.18. The van der Waals surface area contributed by atoms with Crippen molar-refractivity contribution in [2.45, 2.75) is 13.5 Å². The number of aromatic nitrogens is 1. The molecular formula is C24H18N2O2S. The number of furan rings is 1. The zero-order chi connectivity index (χ0) is 19.8. The topological polar surface area (TPSA) is 46.3 Å². The van der Waals surface area contributed by atoms with Crippen LogP contribution >= 0.6 is 11.3 Å². The second-order valence-corrected chi connectivity index (χ2v) is 8.01. The molecule has 0 radical (unpaired) electrons. The molecule has 2 heterocycles. The maximum absolute atomic E-state index is 13.5. The van der Waals surface area contributed by atoms with E-state index in [2.05, 4.69) is 13.0 Å². The van der Waals surface area contributed by atoms with E-state index in [9.17, 15) is 4.79 Å². The van der Waals surface area contributed by atoms with Crippen molar-refractivity contribution in [2.24, 2.45) is 0 Å². The van der Waals surface area contributed by atoms with Crippen molar-refractivity contribution in [1.29, 1.82) is 0 Å². The third-order valence-corrected chi connectivity index (χ3v) is 5.94. The van der Waals surface area contributed by atoms with E-state index in [-0.39, 0.29) is 5.91 Å². The van der Waals surface area contributed by atoms with Crippen LogP contribution in [-0.4, -0.2) is 10.9 Å². The Bertz CT molecular complexity index is 1320. The average Bonchev–Trinajstić information content (AvgIpc) is 3.40. The number of anilines is 1. The summed E-state index contributed by atoms with van der Waals surface area (Å²) in [4.78, 5) is 19.9. The first kappa shape index (κ1) is 17.6. The van der Waals surface area contributed by atoms with Gasteiger partial charge >= 0.3 is 0 Å². The summed E-state index contributed by atoms with van der Waals surface area (Å²) in [6, 6.07) is 23.7. The quantitative estimate of drug-likeness (QED) is 0.362. The van der Waals surface area contributed by atoms with E-state index in [1.54, 1.807) is 11.2 Å². The Morgan fingerprint density at radius 2 is 1.86 bits per heavy atom. The monoisotopic (exact) mass is 398 g/mol. The maximum atomic E-state index is 13.5. The van der Waals surface area contributed by atoms with Crippen molar-refractivity contribution in [1.82, 2.24) is 4.98 Å².